The summed E-state index contributed by atoms with van der Waals surface area (Å²) in [6, 6.07) is 15.3. The van der Waals surface area contributed by atoms with Crippen LogP contribution in [0.25, 0.3) is 0 Å². The Balaban J connectivity index is 1.82. The Morgan fingerprint density at radius 3 is 2.35 bits per heavy atom. The lowest BCUT2D eigenvalue weighted by atomic mass is 10.2. The zero-order valence-electron chi connectivity index (χ0n) is 12.2. The van der Waals surface area contributed by atoms with E-state index in [0.717, 1.165) is 21.2 Å². The second-order valence-corrected chi connectivity index (χ2v) is 7.25. The third-order valence-electron chi connectivity index (χ3n) is 3.70. The number of carbonyl (C=O) groups is 2. The maximum atomic E-state index is 12.7. The number of nitrogens with zero attached hydrogens (tertiary/aromatic N) is 1. The van der Waals surface area contributed by atoms with Crippen LogP contribution in [0, 0.1) is 0 Å². The molecule has 0 atom stereocenters. The van der Waals surface area contributed by atoms with E-state index in [0.29, 0.717) is 9.81 Å². The lowest BCUT2D eigenvalue weighted by Crippen LogP contribution is -2.32. The molecule has 2 aliphatic rings. The van der Waals surface area contributed by atoms with Crippen LogP contribution in [-0.4, -0.2) is 18.9 Å². The van der Waals surface area contributed by atoms with Crippen LogP contribution < -0.4 is 10.2 Å². The smallest absolute Gasteiger partial charge is 0.266 e. The predicted molar refractivity (Wildman–Crippen MR) is 93.7 cm³/mol. The van der Waals surface area contributed by atoms with Crippen molar-refractivity contribution in [2.45, 2.75) is 9.79 Å². The average Bonchev–Trinajstić information content (AvgIpc) is 2.58. The first-order valence-electron chi connectivity index (χ1n) is 7.02. The molecule has 0 unspecified atom stereocenters. The fraction of sp³-hybridized carbons (Fsp3) is 0.0588. The first kappa shape index (κ1) is 14.4. The summed E-state index contributed by atoms with van der Waals surface area (Å²) < 4.78 is 0. The summed E-state index contributed by atoms with van der Waals surface area (Å²) in [5.74, 6) is -0.372. The molecule has 2 aromatic carbocycles. The third-order valence-corrected chi connectivity index (χ3v) is 6.14. The molecule has 0 fully saturated rings. The summed E-state index contributed by atoms with van der Waals surface area (Å²) in [5, 5.41) is 2.86. The molecular formula is C17H12N2O2S2. The van der Waals surface area contributed by atoms with Crippen LogP contribution in [-0.2, 0) is 9.59 Å². The highest BCUT2D eigenvalue weighted by Crippen LogP contribution is 2.47. The minimum atomic E-state index is -0.225. The molecule has 2 aromatic rings. The fourth-order valence-corrected chi connectivity index (χ4v) is 4.78. The van der Waals surface area contributed by atoms with Gasteiger partial charge < -0.3 is 10.2 Å². The van der Waals surface area contributed by atoms with E-state index in [1.807, 2.05) is 48.5 Å². The molecule has 2 amide bonds. The average molecular weight is 340 g/mol. The molecule has 0 radical (unpaired) electrons. The number of hydrogen-bond donors (Lipinski definition) is 1. The predicted octanol–water partition coefficient (Wildman–Crippen LogP) is 3.71. The van der Waals surface area contributed by atoms with Crippen LogP contribution in [0.4, 0.5) is 11.4 Å². The van der Waals surface area contributed by atoms with Crippen molar-refractivity contribution in [1.29, 1.82) is 0 Å². The van der Waals surface area contributed by atoms with E-state index in [1.165, 1.54) is 23.5 Å². The van der Waals surface area contributed by atoms with Crippen LogP contribution in [0.2, 0.25) is 0 Å². The molecular weight excluding hydrogens is 328 g/mol. The van der Waals surface area contributed by atoms with E-state index in [4.69, 9.17) is 0 Å². The Hall–Kier alpha value is -2.18. The summed E-state index contributed by atoms with van der Waals surface area (Å²) in [5.41, 5.74) is 1.65. The maximum absolute atomic E-state index is 12.7. The van der Waals surface area contributed by atoms with E-state index < -0.39 is 0 Å². The van der Waals surface area contributed by atoms with Crippen molar-refractivity contribution in [1.82, 2.24) is 0 Å². The number of carbonyl (C=O) groups excluding carboxylic acids is 2. The van der Waals surface area contributed by atoms with Crippen molar-refractivity contribution in [2.75, 3.05) is 17.3 Å². The van der Waals surface area contributed by atoms with Crippen molar-refractivity contribution in [3.63, 3.8) is 0 Å². The van der Waals surface area contributed by atoms with Crippen LogP contribution >= 0.6 is 23.5 Å². The SMILES string of the molecule is CN1C(=O)/C(=C2\Sc3ccccc3NC2=O)Sc2ccccc21. The van der Waals surface area contributed by atoms with Crippen molar-refractivity contribution < 1.29 is 9.59 Å². The summed E-state index contributed by atoms with van der Waals surface area (Å²) in [4.78, 5) is 29.6. The van der Waals surface area contributed by atoms with Crippen LogP contribution in [0.3, 0.4) is 0 Å². The van der Waals surface area contributed by atoms with E-state index >= 15 is 0 Å². The van der Waals surface area contributed by atoms with Gasteiger partial charge in [0.15, 0.2) is 0 Å². The minimum absolute atomic E-state index is 0.147. The Bertz CT molecular complexity index is 876. The molecule has 0 aliphatic carbocycles. The lowest BCUT2D eigenvalue weighted by molar-refractivity contribution is -0.115. The lowest BCUT2D eigenvalue weighted by Gasteiger charge is -2.29. The second kappa shape index (κ2) is 5.47. The Labute approximate surface area is 141 Å². The number of fused-ring (bicyclic) bond motifs is 2. The number of para-hydroxylation sites is 2. The van der Waals surface area contributed by atoms with E-state index in [-0.39, 0.29) is 11.8 Å². The quantitative estimate of drug-likeness (QED) is 0.743. The van der Waals surface area contributed by atoms with Gasteiger partial charge in [0.25, 0.3) is 11.8 Å². The van der Waals surface area contributed by atoms with E-state index in [2.05, 4.69) is 5.32 Å². The highest BCUT2D eigenvalue weighted by molar-refractivity contribution is 8.08. The van der Waals surface area contributed by atoms with Gasteiger partial charge in [0, 0.05) is 16.8 Å². The summed E-state index contributed by atoms with van der Waals surface area (Å²) >= 11 is 2.71. The number of thioether (sulfide) groups is 2. The van der Waals surface area contributed by atoms with Crippen molar-refractivity contribution in [3.05, 3.63) is 58.3 Å². The number of benzene rings is 2. The van der Waals surface area contributed by atoms with Gasteiger partial charge in [-0.15, -0.1) is 0 Å². The molecule has 0 bridgehead atoms. The normalized spacial score (nSPS) is 20.0. The largest absolute Gasteiger partial charge is 0.320 e. The van der Waals surface area contributed by atoms with Gasteiger partial charge in [-0.3, -0.25) is 9.59 Å². The summed E-state index contributed by atoms with van der Waals surface area (Å²) in [6.07, 6.45) is 0. The molecule has 0 saturated heterocycles. The van der Waals surface area contributed by atoms with Gasteiger partial charge in [-0.05, 0) is 24.3 Å². The van der Waals surface area contributed by atoms with Gasteiger partial charge in [-0.2, -0.15) is 0 Å². The molecule has 2 aliphatic heterocycles. The third kappa shape index (κ3) is 2.34. The number of hydrogen-bond acceptors (Lipinski definition) is 4. The molecule has 23 heavy (non-hydrogen) atoms. The number of nitrogens with one attached hydrogen (secondary N) is 1. The van der Waals surface area contributed by atoms with Crippen molar-refractivity contribution >= 4 is 46.7 Å². The van der Waals surface area contributed by atoms with Crippen molar-refractivity contribution in [3.8, 4) is 0 Å². The van der Waals surface area contributed by atoms with Gasteiger partial charge in [0.05, 0.1) is 21.2 Å². The first-order chi connectivity index (χ1) is 11.1. The Morgan fingerprint density at radius 2 is 1.52 bits per heavy atom. The van der Waals surface area contributed by atoms with Crippen LogP contribution in [0.15, 0.2) is 68.1 Å². The maximum Gasteiger partial charge on any atom is 0.266 e. The number of likely N-dealkylation sites (N-methyl/N-ethyl adjacent to an activating group) is 1. The molecule has 4 nitrogen and oxygen atoms in total. The Kier molecular flexibility index (Phi) is 3.43. The molecule has 0 aromatic heterocycles. The topological polar surface area (TPSA) is 49.4 Å². The summed E-state index contributed by atoms with van der Waals surface area (Å²) in [6.45, 7) is 0. The highest BCUT2D eigenvalue weighted by Gasteiger charge is 2.33. The van der Waals surface area contributed by atoms with Gasteiger partial charge >= 0.3 is 0 Å². The van der Waals surface area contributed by atoms with Gasteiger partial charge in [0.1, 0.15) is 0 Å². The Morgan fingerprint density at radius 1 is 0.870 bits per heavy atom. The zero-order chi connectivity index (χ0) is 16.0. The van der Waals surface area contributed by atoms with Gasteiger partial charge in [-0.1, -0.05) is 47.8 Å². The number of rotatable bonds is 0. The summed E-state index contributed by atoms with van der Waals surface area (Å²) in [7, 11) is 1.74. The molecule has 2 heterocycles. The van der Waals surface area contributed by atoms with Gasteiger partial charge in [-0.25, -0.2) is 0 Å². The fourth-order valence-electron chi connectivity index (χ4n) is 2.52. The molecule has 6 heteroatoms. The first-order valence-corrected chi connectivity index (χ1v) is 8.66. The number of amides is 2. The highest BCUT2D eigenvalue weighted by atomic mass is 32.2. The van der Waals surface area contributed by atoms with Gasteiger partial charge in [0.2, 0.25) is 0 Å². The minimum Gasteiger partial charge on any atom is -0.320 e. The molecule has 0 saturated carbocycles. The number of anilines is 2. The van der Waals surface area contributed by atoms with Crippen LogP contribution in [0.5, 0.6) is 0 Å². The molecule has 0 spiro atoms. The van der Waals surface area contributed by atoms with E-state index in [9.17, 15) is 9.59 Å². The van der Waals surface area contributed by atoms with E-state index in [1.54, 1.807) is 11.9 Å². The van der Waals surface area contributed by atoms with Crippen molar-refractivity contribution in [2.24, 2.45) is 0 Å². The van der Waals surface area contributed by atoms with Crippen LogP contribution in [0.1, 0.15) is 0 Å². The molecule has 4 rings (SSSR count). The zero-order valence-corrected chi connectivity index (χ0v) is 13.8. The molecule has 1 N–H and O–H groups in total. The second-order valence-electron chi connectivity index (χ2n) is 5.14. The molecule has 114 valence electrons. The standard InChI is InChI=1S/C17H12N2O2S2/c1-19-11-7-3-5-9-13(11)23-15(17(19)21)14-16(20)18-10-6-2-4-8-12(10)22-14/h2-9H,1H3,(H,18,20)/b15-14+. The monoisotopic (exact) mass is 340 g/mol.